The lowest BCUT2D eigenvalue weighted by molar-refractivity contribution is -0.119. The summed E-state index contributed by atoms with van der Waals surface area (Å²) in [5.74, 6) is -0.491. The van der Waals surface area contributed by atoms with E-state index in [0.29, 0.717) is 11.4 Å². The monoisotopic (exact) mass is 254 g/mol. The maximum atomic E-state index is 13.4. The molecule has 0 spiro atoms. The van der Waals surface area contributed by atoms with Crippen LogP contribution in [-0.2, 0) is 4.79 Å². The molecule has 5 heteroatoms. The first-order valence-electron chi connectivity index (χ1n) is 5.71. The number of rotatable bonds is 0. The van der Waals surface area contributed by atoms with Gasteiger partial charge in [0.15, 0.2) is 0 Å². The zero-order valence-corrected chi connectivity index (χ0v) is 9.85. The average Bonchev–Trinajstić information content (AvgIpc) is 2.69. The summed E-state index contributed by atoms with van der Waals surface area (Å²) in [4.78, 5) is 12.0. The zero-order valence-electron chi connectivity index (χ0n) is 9.09. The van der Waals surface area contributed by atoms with Crippen molar-refractivity contribution in [2.75, 3.05) is 10.6 Å². The van der Waals surface area contributed by atoms with Gasteiger partial charge in [-0.05, 0) is 18.9 Å². The summed E-state index contributed by atoms with van der Waals surface area (Å²) in [6, 6.07) is 2.91. The fraction of sp³-hybridized carbons (Fsp3) is 0.417. The second-order valence-electron chi connectivity index (χ2n) is 4.59. The highest BCUT2D eigenvalue weighted by Crippen LogP contribution is 2.37. The van der Waals surface area contributed by atoms with Crippen LogP contribution in [0.25, 0.3) is 0 Å². The first-order valence-corrected chi connectivity index (χ1v) is 6.09. The summed E-state index contributed by atoms with van der Waals surface area (Å²) in [5.41, 5.74) is 1.19. The second kappa shape index (κ2) is 3.88. The van der Waals surface area contributed by atoms with Gasteiger partial charge in [-0.1, -0.05) is 18.0 Å². The third-order valence-corrected chi connectivity index (χ3v) is 3.80. The largest absolute Gasteiger partial charge is 0.380 e. The Morgan fingerprint density at radius 2 is 2.12 bits per heavy atom. The van der Waals surface area contributed by atoms with Crippen molar-refractivity contribution in [3.05, 3.63) is 23.0 Å². The Morgan fingerprint density at radius 1 is 1.29 bits per heavy atom. The Bertz CT molecular complexity index is 492. The van der Waals surface area contributed by atoms with Gasteiger partial charge in [0.1, 0.15) is 5.82 Å². The van der Waals surface area contributed by atoms with E-state index >= 15 is 0 Å². The van der Waals surface area contributed by atoms with Crippen molar-refractivity contribution >= 4 is 28.9 Å². The molecule has 2 aliphatic rings. The molecule has 17 heavy (non-hydrogen) atoms. The highest BCUT2D eigenvalue weighted by atomic mass is 35.5. The van der Waals surface area contributed by atoms with E-state index in [9.17, 15) is 9.18 Å². The van der Waals surface area contributed by atoms with Gasteiger partial charge in [0, 0.05) is 12.1 Å². The summed E-state index contributed by atoms with van der Waals surface area (Å²) in [7, 11) is 0. The van der Waals surface area contributed by atoms with Crippen molar-refractivity contribution in [3.63, 3.8) is 0 Å². The Morgan fingerprint density at radius 3 is 2.94 bits per heavy atom. The smallest absolute Gasteiger partial charge is 0.229 e. The number of hydrogen-bond acceptors (Lipinski definition) is 2. The number of anilines is 2. The number of halogens is 2. The summed E-state index contributed by atoms with van der Waals surface area (Å²) in [6.45, 7) is 0. The average molecular weight is 255 g/mol. The van der Waals surface area contributed by atoms with Crippen molar-refractivity contribution in [3.8, 4) is 0 Å². The molecule has 1 heterocycles. The molecule has 1 aromatic carbocycles. The maximum Gasteiger partial charge on any atom is 0.229 e. The third-order valence-electron chi connectivity index (χ3n) is 3.51. The van der Waals surface area contributed by atoms with Gasteiger partial charge in [-0.15, -0.1) is 0 Å². The van der Waals surface area contributed by atoms with E-state index in [2.05, 4.69) is 10.6 Å². The minimum absolute atomic E-state index is 0.00132. The summed E-state index contributed by atoms with van der Waals surface area (Å²) >= 11 is 5.71. The molecule has 2 unspecified atom stereocenters. The topological polar surface area (TPSA) is 41.1 Å². The van der Waals surface area contributed by atoms with E-state index in [-0.39, 0.29) is 22.9 Å². The molecule has 3 nitrogen and oxygen atoms in total. The van der Waals surface area contributed by atoms with Crippen LogP contribution in [0.4, 0.5) is 15.8 Å². The number of carbonyl (C=O) groups is 1. The molecule has 1 saturated carbocycles. The standard InChI is InChI=1S/C12H12ClFN2O/c13-7-4-10-11(5-8(7)14)15-9-3-1-2-6(9)12(17)16-10/h4-6,9,15H,1-3H2,(H,16,17). The van der Waals surface area contributed by atoms with Crippen molar-refractivity contribution in [2.45, 2.75) is 25.3 Å². The zero-order chi connectivity index (χ0) is 12.0. The van der Waals surface area contributed by atoms with Crippen LogP contribution in [-0.4, -0.2) is 11.9 Å². The highest BCUT2D eigenvalue weighted by Gasteiger charge is 2.36. The Kier molecular flexibility index (Phi) is 2.47. The molecule has 1 aliphatic heterocycles. The van der Waals surface area contributed by atoms with Gasteiger partial charge in [0.2, 0.25) is 5.91 Å². The molecule has 2 N–H and O–H groups in total. The van der Waals surface area contributed by atoms with E-state index in [1.807, 2.05) is 0 Å². The Labute approximate surface area is 103 Å². The number of hydrogen-bond donors (Lipinski definition) is 2. The Balaban J connectivity index is 2.04. The molecule has 1 fully saturated rings. The molecule has 1 amide bonds. The molecule has 0 saturated heterocycles. The third kappa shape index (κ3) is 1.76. The molecule has 1 aromatic rings. The van der Waals surface area contributed by atoms with Crippen molar-refractivity contribution in [2.24, 2.45) is 5.92 Å². The minimum atomic E-state index is -0.469. The second-order valence-corrected chi connectivity index (χ2v) is 5.00. The molecule has 0 bridgehead atoms. The van der Waals surface area contributed by atoms with Gasteiger partial charge in [-0.25, -0.2) is 4.39 Å². The fourth-order valence-electron chi connectivity index (χ4n) is 2.64. The van der Waals surface area contributed by atoms with Crippen molar-refractivity contribution in [1.82, 2.24) is 0 Å². The van der Waals surface area contributed by atoms with E-state index in [1.54, 1.807) is 0 Å². The van der Waals surface area contributed by atoms with E-state index in [0.717, 1.165) is 19.3 Å². The molecule has 2 atom stereocenters. The lowest BCUT2D eigenvalue weighted by Gasteiger charge is -2.16. The van der Waals surface area contributed by atoms with Crippen LogP contribution < -0.4 is 10.6 Å². The van der Waals surface area contributed by atoms with Crippen LogP contribution in [0, 0.1) is 11.7 Å². The van der Waals surface area contributed by atoms with Gasteiger partial charge in [0.25, 0.3) is 0 Å². The van der Waals surface area contributed by atoms with E-state index < -0.39 is 5.82 Å². The minimum Gasteiger partial charge on any atom is -0.380 e. The summed E-state index contributed by atoms with van der Waals surface area (Å²) < 4.78 is 13.4. The van der Waals surface area contributed by atoms with Crippen LogP contribution >= 0.6 is 11.6 Å². The van der Waals surface area contributed by atoms with Crippen LogP contribution in [0.15, 0.2) is 12.1 Å². The Hall–Kier alpha value is -1.29. The van der Waals surface area contributed by atoms with Gasteiger partial charge < -0.3 is 10.6 Å². The number of benzene rings is 1. The quantitative estimate of drug-likeness (QED) is 0.747. The normalized spacial score (nSPS) is 26.6. The maximum absolute atomic E-state index is 13.4. The summed E-state index contributed by atoms with van der Waals surface area (Å²) in [5, 5.41) is 6.07. The van der Waals surface area contributed by atoms with Gasteiger partial charge >= 0.3 is 0 Å². The lowest BCUT2D eigenvalue weighted by Crippen LogP contribution is -2.30. The molecule has 3 rings (SSSR count). The number of nitrogens with one attached hydrogen (secondary N) is 2. The number of carbonyl (C=O) groups excluding carboxylic acids is 1. The van der Waals surface area contributed by atoms with Crippen molar-refractivity contribution < 1.29 is 9.18 Å². The predicted octanol–water partition coefficient (Wildman–Crippen LogP) is 3.01. The summed E-state index contributed by atoms with van der Waals surface area (Å²) in [6.07, 6.45) is 2.86. The van der Waals surface area contributed by atoms with Gasteiger partial charge in [-0.2, -0.15) is 0 Å². The number of amides is 1. The van der Waals surface area contributed by atoms with Crippen LogP contribution in [0.5, 0.6) is 0 Å². The SMILES string of the molecule is O=C1Nc2cc(Cl)c(F)cc2NC2CCCC12. The highest BCUT2D eigenvalue weighted by molar-refractivity contribution is 6.31. The predicted molar refractivity (Wildman–Crippen MR) is 64.8 cm³/mol. The van der Waals surface area contributed by atoms with E-state index in [1.165, 1.54) is 12.1 Å². The molecule has 90 valence electrons. The molecular weight excluding hydrogens is 243 g/mol. The van der Waals surface area contributed by atoms with Gasteiger partial charge in [-0.3, -0.25) is 4.79 Å². The first kappa shape index (κ1) is 10.8. The molecule has 1 aliphatic carbocycles. The molecular formula is C12H12ClFN2O. The van der Waals surface area contributed by atoms with E-state index in [4.69, 9.17) is 11.6 Å². The first-order chi connectivity index (χ1) is 8.15. The van der Waals surface area contributed by atoms with Crippen molar-refractivity contribution in [1.29, 1.82) is 0 Å². The van der Waals surface area contributed by atoms with Crippen LogP contribution in [0.1, 0.15) is 19.3 Å². The molecule has 0 aromatic heterocycles. The van der Waals surface area contributed by atoms with Gasteiger partial charge in [0.05, 0.1) is 22.3 Å². The molecule has 0 radical (unpaired) electrons. The lowest BCUT2D eigenvalue weighted by atomic mass is 10.0. The number of fused-ring (bicyclic) bond motifs is 2. The van der Waals surface area contributed by atoms with Crippen LogP contribution in [0.2, 0.25) is 5.02 Å². The van der Waals surface area contributed by atoms with Crippen LogP contribution in [0.3, 0.4) is 0 Å². The fourth-order valence-corrected chi connectivity index (χ4v) is 2.81.